The summed E-state index contributed by atoms with van der Waals surface area (Å²) in [6, 6.07) is 14.3. The molecule has 0 unspecified atom stereocenters. The summed E-state index contributed by atoms with van der Waals surface area (Å²) in [5, 5.41) is 0.509. The molecule has 3 aromatic carbocycles. The number of carbonyl (C=O) groups excluding carboxylic acids is 4. The van der Waals surface area contributed by atoms with Crippen molar-refractivity contribution in [2.75, 3.05) is 28.4 Å². The molecule has 10 nitrogen and oxygen atoms in total. The Labute approximate surface area is 239 Å². The number of carbonyl (C=O) groups is 4. The molecule has 3 aromatic rings. The fourth-order valence-corrected chi connectivity index (χ4v) is 4.03. The predicted octanol–water partition coefficient (Wildman–Crippen LogP) is 4.89. The van der Waals surface area contributed by atoms with E-state index in [4.69, 9.17) is 28.4 Å². The normalized spacial score (nSPS) is 10.3. The number of methoxy groups -OCH3 is 4. The fourth-order valence-electron chi connectivity index (χ4n) is 3.70. The molecular formula is C29H27BrO10. The lowest BCUT2D eigenvalue weighted by Crippen LogP contribution is -2.09. The highest BCUT2D eigenvalue weighted by Gasteiger charge is 2.16. The molecule has 0 aliphatic heterocycles. The summed E-state index contributed by atoms with van der Waals surface area (Å²) in [5.74, 6) is -1.47. The zero-order valence-electron chi connectivity index (χ0n) is 22.3. The van der Waals surface area contributed by atoms with Crippen LogP contribution in [-0.4, -0.2) is 52.3 Å². The van der Waals surface area contributed by atoms with Gasteiger partial charge < -0.3 is 28.4 Å². The van der Waals surface area contributed by atoms with Crippen molar-refractivity contribution >= 4 is 39.8 Å². The van der Waals surface area contributed by atoms with Crippen molar-refractivity contribution in [3.05, 3.63) is 93.5 Å². The van der Waals surface area contributed by atoms with E-state index in [-0.39, 0.29) is 35.5 Å². The lowest BCUT2D eigenvalue weighted by molar-refractivity contribution is 0.0581. The molecular weight excluding hydrogens is 588 g/mol. The Kier molecular flexibility index (Phi) is 10.7. The molecule has 0 bridgehead atoms. The van der Waals surface area contributed by atoms with Gasteiger partial charge in [-0.05, 0) is 65.2 Å². The molecule has 40 heavy (non-hydrogen) atoms. The van der Waals surface area contributed by atoms with E-state index in [0.29, 0.717) is 28.0 Å². The summed E-state index contributed by atoms with van der Waals surface area (Å²) in [7, 11) is 4.99. The maximum atomic E-state index is 12.1. The van der Waals surface area contributed by atoms with Crippen LogP contribution >= 0.6 is 15.9 Å². The number of halogens is 1. The number of hydrogen-bond donors (Lipinski definition) is 0. The molecule has 0 spiro atoms. The standard InChI is InChI=1S/C29H27BrO10/c1-35-26(31)20-5-18(6-21(11-20)27(32)36-2)15-39-24-9-17(14-30)10-25(13-24)40-16-19-7-22(28(33)37-3)12-23(8-19)29(34)38-4/h5-13H,14-16H2,1-4H3. The molecule has 0 atom stereocenters. The zero-order valence-corrected chi connectivity index (χ0v) is 23.9. The first-order valence-corrected chi connectivity index (χ1v) is 12.9. The van der Waals surface area contributed by atoms with Gasteiger partial charge >= 0.3 is 23.9 Å². The Morgan fingerprint density at radius 1 is 0.500 bits per heavy atom. The molecule has 0 radical (unpaired) electrons. The average Bonchev–Trinajstić information content (AvgIpc) is 3.00. The van der Waals surface area contributed by atoms with Gasteiger partial charge in [0, 0.05) is 11.4 Å². The topological polar surface area (TPSA) is 124 Å². The minimum absolute atomic E-state index is 0.0314. The molecule has 0 heterocycles. The van der Waals surface area contributed by atoms with Gasteiger partial charge in [-0.3, -0.25) is 0 Å². The lowest BCUT2D eigenvalue weighted by Gasteiger charge is -2.14. The Morgan fingerprint density at radius 3 is 1.10 bits per heavy atom. The highest BCUT2D eigenvalue weighted by atomic mass is 79.9. The van der Waals surface area contributed by atoms with E-state index in [1.165, 1.54) is 40.6 Å². The van der Waals surface area contributed by atoms with Gasteiger partial charge in [0.15, 0.2) is 0 Å². The van der Waals surface area contributed by atoms with Crippen LogP contribution in [-0.2, 0) is 37.5 Å². The summed E-state index contributed by atoms with van der Waals surface area (Å²) in [4.78, 5) is 48.3. The van der Waals surface area contributed by atoms with Crippen LogP contribution in [0.5, 0.6) is 11.5 Å². The number of rotatable bonds is 11. The second kappa shape index (κ2) is 14.1. The first-order chi connectivity index (χ1) is 19.2. The van der Waals surface area contributed by atoms with Gasteiger partial charge in [0.1, 0.15) is 24.7 Å². The molecule has 0 saturated carbocycles. The van der Waals surface area contributed by atoms with Crippen LogP contribution in [0.1, 0.15) is 58.1 Å². The summed E-state index contributed by atoms with van der Waals surface area (Å²) in [6.07, 6.45) is 0. The second-order valence-electron chi connectivity index (χ2n) is 8.33. The number of esters is 4. The minimum Gasteiger partial charge on any atom is -0.489 e. The highest BCUT2D eigenvalue weighted by Crippen LogP contribution is 2.27. The van der Waals surface area contributed by atoms with Crippen molar-refractivity contribution in [3.63, 3.8) is 0 Å². The van der Waals surface area contributed by atoms with E-state index in [0.717, 1.165) is 5.56 Å². The van der Waals surface area contributed by atoms with Crippen molar-refractivity contribution in [2.24, 2.45) is 0 Å². The third kappa shape index (κ3) is 7.82. The van der Waals surface area contributed by atoms with Crippen LogP contribution in [0.4, 0.5) is 0 Å². The molecule has 0 fully saturated rings. The summed E-state index contributed by atoms with van der Waals surface area (Å²) < 4.78 is 31.1. The number of ether oxygens (including phenoxy) is 6. The van der Waals surface area contributed by atoms with Gasteiger partial charge in [0.25, 0.3) is 0 Å². The van der Waals surface area contributed by atoms with E-state index in [1.54, 1.807) is 42.5 Å². The van der Waals surface area contributed by atoms with Crippen LogP contribution in [0.2, 0.25) is 0 Å². The Bertz CT molecular complexity index is 1250. The third-order valence-corrected chi connectivity index (χ3v) is 6.22. The van der Waals surface area contributed by atoms with Crippen LogP contribution < -0.4 is 9.47 Å². The Balaban J connectivity index is 1.83. The number of hydrogen-bond acceptors (Lipinski definition) is 10. The SMILES string of the molecule is COC(=O)c1cc(COc2cc(CBr)cc(OCc3cc(C(=O)OC)cc(C(=O)OC)c3)c2)cc(C(=O)OC)c1. The molecule has 0 amide bonds. The predicted molar refractivity (Wildman–Crippen MR) is 146 cm³/mol. The van der Waals surface area contributed by atoms with Gasteiger partial charge in [-0.1, -0.05) is 15.9 Å². The van der Waals surface area contributed by atoms with E-state index in [9.17, 15) is 19.2 Å². The van der Waals surface area contributed by atoms with E-state index < -0.39 is 23.9 Å². The van der Waals surface area contributed by atoms with Crippen molar-refractivity contribution in [3.8, 4) is 11.5 Å². The largest absolute Gasteiger partial charge is 0.489 e. The van der Waals surface area contributed by atoms with Gasteiger partial charge in [0.05, 0.1) is 50.7 Å². The van der Waals surface area contributed by atoms with Gasteiger partial charge in [0.2, 0.25) is 0 Å². The number of benzene rings is 3. The molecule has 0 saturated heterocycles. The lowest BCUT2D eigenvalue weighted by atomic mass is 10.1. The molecule has 0 N–H and O–H groups in total. The van der Waals surface area contributed by atoms with Gasteiger partial charge in [-0.15, -0.1) is 0 Å². The number of alkyl halides is 1. The van der Waals surface area contributed by atoms with Crippen LogP contribution in [0.15, 0.2) is 54.6 Å². The second-order valence-corrected chi connectivity index (χ2v) is 8.89. The molecule has 3 rings (SSSR count). The van der Waals surface area contributed by atoms with Gasteiger partial charge in [-0.25, -0.2) is 19.2 Å². The van der Waals surface area contributed by atoms with Crippen LogP contribution in [0.25, 0.3) is 0 Å². The first-order valence-electron chi connectivity index (χ1n) is 11.8. The summed E-state index contributed by atoms with van der Waals surface area (Å²) in [5.41, 5.74) is 2.68. The van der Waals surface area contributed by atoms with Gasteiger partial charge in [-0.2, -0.15) is 0 Å². The Morgan fingerprint density at radius 2 is 0.825 bits per heavy atom. The minimum atomic E-state index is -0.601. The van der Waals surface area contributed by atoms with Crippen molar-refractivity contribution in [2.45, 2.75) is 18.5 Å². The molecule has 0 aromatic heterocycles. The summed E-state index contributed by atoms with van der Waals surface area (Å²) in [6.45, 7) is 0.0628. The first kappa shape index (κ1) is 30.2. The van der Waals surface area contributed by atoms with Crippen molar-refractivity contribution in [1.82, 2.24) is 0 Å². The highest BCUT2D eigenvalue weighted by molar-refractivity contribution is 9.08. The van der Waals surface area contributed by atoms with E-state index >= 15 is 0 Å². The third-order valence-electron chi connectivity index (χ3n) is 5.58. The van der Waals surface area contributed by atoms with E-state index in [2.05, 4.69) is 15.9 Å². The Hall–Kier alpha value is -4.38. The molecule has 0 aliphatic carbocycles. The maximum absolute atomic E-state index is 12.1. The molecule has 210 valence electrons. The maximum Gasteiger partial charge on any atom is 0.337 e. The van der Waals surface area contributed by atoms with Crippen molar-refractivity contribution < 1.29 is 47.6 Å². The quantitative estimate of drug-likeness (QED) is 0.167. The fraction of sp³-hybridized carbons (Fsp3) is 0.241. The average molecular weight is 615 g/mol. The molecule has 11 heteroatoms. The monoisotopic (exact) mass is 614 g/mol. The van der Waals surface area contributed by atoms with Crippen LogP contribution in [0, 0.1) is 0 Å². The molecule has 0 aliphatic rings. The van der Waals surface area contributed by atoms with Crippen LogP contribution in [0.3, 0.4) is 0 Å². The zero-order chi connectivity index (χ0) is 29.2. The smallest absolute Gasteiger partial charge is 0.337 e. The van der Waals surface area contributed by atoms with Crippen molar-refractivity contribution in [1.29, 1.82) is 0 Å². The summed E-state index contributed by atoms with van der Waals surface area (Å²) >= 11 is 3.43. The van der Waals surface area contributed by atoms with E-state index in [1.807, 2.05) is 0 Å².